The molecule has 1 fully saturated rings. The molecule has 0 bridgehead atoms. The number of benzene rings is 2. The maximum absolute atomic E-state index is 12.6. The van der Waals surface area contributed by atoms with Crippen LogP contribution in [0.15, 0.2) is 66.9 Å². The molecule has 162 valence electrons. The van der Waals surface area contributed by atoms with E-state index >= 15 is 0 Å². The molecular formula is C25H16ClN3O4. The number of nitriles is 2. The number of hydrogen-bond acceptors (Lipinski definition) is 6. The summed E-state index contributed by atoms with van der Waals surface area (Å²) in [6.07, 6.45) is 1.33. The number of carboxylic acid groups (broad SMARTS) is 1. The molecule has 0 amide bonds. The molecule has 0 spiro atoms. The number of ether oxygens (including phenoxy) is 1. The lowest BCUT2D eigenvalue weighted by Crippen LogP contribution is -2.50. The van der Waals surface area contributed by atoms with E-state index in [2.05, 4.69) is 4.98 Å². The number of nitrogens with zero attached hydrogens (tertiary/aromatic N) is 3. The minimum absolute atomic E-state index is 0.0625. The number of hydrogen-bond donors (Lipinski definition) is 2. The summed E-state index contributed by atoms with van der Waals surface area (Å²) in [6.45, 7) is 0. The van der Waals surface area contributed by atoms with Gasteiger partial charge in [0.1, 0.15) is 11.4 Å². The Bertz CT molecular complexity index is 1350. The van der Waals surface area contributed by atoms with Crippen LogP contribution in [0.5, 0.6) is 5.75 Å². The lowest BCUT2D eigenvalue weighted by Gasteiger charge is -2.40. The van der Waals surface area contributed by atoms with Gasteiger partial charge in [0.2, 0.25) is 0 Å². The quantitative estimate of drug-likeness (QED) is 0.613. The van der Waals surface area contributed by atoms with Crippen LogP contribution in [0.2, 0.25) is 5.02 Å². The summed E-state index contributed by atoms with van der Waals surface area (Å²) in [6, 6.07) is 20.8. The predicted molar refractivity (Wildman–Crippen MR) is 116 cm³/mol. The highest BCUT2D eigenvalue weighted by Gasteiger charge is 2.78. The van der Waals surface area contributed by atoms with E-state index in [-0.39, 0.29) is 16.5 Å². The van der Waals surface area contributed by atoms with Crippen molar-refractivity contribution in [1.82, 2.24) is 4.98 Å². The van der Waals surface area contributed by atoms with Crippen LogP contribution in [0.25, 0.3) is 0 Å². The topological polar surface area (TPSA) is 127 Å². The van der Waals surface area contributed by atoms with Crippen molar-refractivity contribution in [2.24, 2.45) is 11.8 Å². The van der Waals surface area contributed by atoms with Crippen LogP contribution in [0, 0.1) is 34.5 Å². The molecule has 5 atom stereocenters. The minimum atomic E-state index is -2.10. The molecule has 0 radical (unpaired) electrons. The van der Waals surface area contributed by atoms with Crippen LogP contribution < -0.4 is 4.74 Å². The van der Waals surface area contributed by atoms with Gasteiger partial charge in [0, 0.05) is 18.2 Å². The molecule has 8 heteroatoms. The van der Waals surface area contributed by atoms with Crippen LogP contribution >= 0.6 is 11.6 Å². The van der Waals surface area contributed by atoms with Gasteiger partial charge < -0.3 is 14.9 Å². The third kappa shape index (κ3) is 2.64. The fraction of sp³-hybridized carbons (Fsp3) is 0.200. The Morgan fingerprint density at radius 3 is 2.42 bits per heavy atom. The van der Waals surface area contributed by atoms with Crippen molar-refractivity contribution in [2.45, 2.75) is 17.1 Å². The number of halogens is 1. The van der Waals surface area contributed by atoms with E-state index in [0.29, 0.717) is 16.7 Å². The van der Waals surface area contributed by atoms with Gasteiger partial charge in [-0.25, -0.2) is 0 Å². The average Bonchev–Trinajstić information content (AvgIpc) is 3.21. The fourth-order valence-electron chi connectivity index (χ4n) is 5.41. The summed E-state index contributed by atoms with van der Waals surface area (Å²) in [5, 5.41) is 42.3. The van der Waals surface area contributed by atoms with Crippen molar-refractivity contribution in [3.8, 4) is 17.9 Å². The van der Waals surface area contributed by atoms with E-state index < -0.39 is 34.9 Å². The summed E-state index contributed by atoms with van der Waals surface area (Å²) in [4.78, 5) is 16.9. The zero-order valence-electron chi connectivity index (χ0n) is 17.0. The third-order valence-electron chi connectivity index (χ3n) is 6.65. The molecule has 0 saturated heterocycles. The number of rotatable bonds is 3. The van der Waals surface area contributed by atoms with Gasteiger partial charge in [-0.05, 0) is 23.3 Å². The number of aromatic nitrogens is 1. The fourth-order valence-corrected chi connectivity index (χ4v) is 5.56. The first-order valence-corrected chi connectivity index (χ1v) is 10.5. The molecule has 1 aliphatic carbocycles. The lowest BCUT2D eigenvalue weighted by atomic mass is 9.71. The standard InChI is InChI=1S/C25H16ClN3O4/c26-17-10-19-22(29-13-17)24(32)18(12-28)20(23(30)31)21(15-4-2-1-3-5-15)25(24,33-19)16-8-6-14(11-27)7-9-16/h1-10,13,18,20-21,32H,(H,30,31). The first kappa shape index (κ1) is 21.0. The van der Waals surface area contributed by atoms with Gasteiger partial charge in [-0.1, -0.05) is 54.1 Å². The highest BCUT2D eigenvalue weighted by Crippen LogP contribution is 2.70. The van der Waals surface area contributed by atoms with Crippen LogP contribution in [0.4, 0.5) is 0 Å². The van der Waals surface area contributed by atoms with E-state index in [1.165, 1.54) is 12.3 Å². The van der Waals surface area contributed by atoms with Crippen molar-refractivity contribution < 1.29 is 19.7 Å². The number of aliphatic carboxylic acids is 1. The Hall–Kier alpha value is -3.91. The van der Waals surface area contributed by atoms with Crippen molar-refractivity contribution in [3.63, 3.8) is 0 Å². The van der Waals surface area contributed by atoms with Crippen molar-refractivity contribution in [1.29, 1.82) is 10.5 Å². The summed E-state index contributed by atoms with van der Waals surface area (Å²) in [7, 11) is 0. The Balaban J connectivity index is 1.90. The number of carboxylic acids is 1. The summed E-state index contributed by atoms with van der Waals surface area (Å²) in [5.74, 6) is -4.69. The zero-order chi connectivity index (χ0) is 23.4. The van der Waals surface area contributed by atoms with E-state index in [1.54, 1.807) is 54.6 Å². The van der Waals surface area contributed by atoms with E-state index in [1.807, 2.05) is 12.1 Å². The van der Waals surface area contributed by atoms with Crippen LogP contribution in [0.1, 0.15) is 28.3 Å². The Morgan fingerprint density at radius 2 is 1.82 bits per heavy atom. The van der Waals surface area contributed by atoms with Crippen LogP contribution in [-0.2, 0) is 16.0 Å². The Labute approximate surface area is 194 Å². The second-order valence-corrected chi connectivity index (χ2v) is 8.59. The SMILES string of the molecule is N#Cc1ccc(C23Oc4cc(Cl)cnc4C2(O)C(C#N)C(C(=O)O)C3c2ccccc2)cc1. The summed E-state index contributed by atoms with van der Waals surface area (Å²) in [5.41, 5.74) is -2.34. The number of carbonyl (C=O) groups is 1. The predicted octanol–water partition coefficient (Wildman–Crippen LogP) is 3.72. The van der Waals surface area contributed by atoms with Gasteiger partial charge >= 0.3 is 5.97 Å². The maximum Gasteiger partial charge on any atom is 0.308 e. The average molecular weight is 458 g/mol. The molecule has 5 unspecified atom stereocenters. The van der Waals surface area contributed by atoms with Gasteiger partial charge in [-0.15, -0.1) is 0 Å². The van der Waals surface area contributed by atoms with Crippen molar-refractivity contribution in [3.05, 3.63) is 94.3 Å². The van der Waals surface area contributed by atoms with Crippen molar-refractivity contribution >= 4 is 17.6 Å². The van der Waals surface area contributed by atoms with Crippen molar-refractivity contribution in [2.75, 3.05) is 0 Å². The molecule has 7 nitrogen and oxygen atoms in total. The van der Waals surface area contributed by atoms with Gasteiger partial charge in [0.15, 0.2) is 11.2 Å². The number of pyridine rings is 1. The Morgan fingerprint density at radius 1 is 1.12 bits per heavy atom. The second kappa shape index (κ2) is 7.31. The van der Waals surface area contributed by atoms with Crippen LogP contribution in [-0.4, -0.2) is 21.2 Å². The normalized spacial score (nSPS) is 29.3. The van der Waals surface area contributed by atoms with E-state index in [9.17, 15) is 25.5 Å². The van der Waals surface area contributed by atoms with E-state index in [4.69, 9.17) is 16.3 Å². The van der Waals surface area contributed by atoms with Gasteiger partial charge in [0.25, 0.3) is 0 Å². The van der Waals surface area contributed by atoms with Gasteiger partial charge in [-0.3, -0.25) is 9.78 Å². The molecular weight excluding hydrogens is 442 g/mol. The lowest BCUT2D eigenvalue weighted by molar-refractivity contribution is -0.144. The third-order valence-corrected chi connectivity index (χ3v) is 6.86. The molecule has 2 heterocycles. The van der Waals surface area contributed by atoms with E-state index in [0.717, 1.165) is 0 Å². The highest BCUT2D eigenvalue weighted by molar-refractivity contribution is 6.30. The molecule has 33 heavy (non-hydrogen) atoms. The first-order chi connectivity index (χ1) is 15.9. The summed E-state index contributed by atoms with van der Waals surface area (Å²) < 4.78 is 6.45. The second-order valence-electron chi connectivity index (χ2n) is 8.15. The molecule has 1 saturated carbocycles. The van der Waals surface area contributed by atoms with Gasteiger partial charge in [-0.2, -0.15) is 10.5 Å². The zero-order valence-corrected chi connectivity index (χ0v) is 17.8. The molecule has 1 aliphatic heterocycles. The smallest absolute Gasteiger partial charge is 0.308 e. The molecule has 5 rings (SSSR count). The monoisotopic (exact) mass is 457 g/mol. The molecule has 2 aliphatic rings. The molecule has 2 aromatic carbocycles. The molecule has 1 aromatic heterocycles. The minimum Gasteiger partial charge on any atom is -0.481 e. The number of fused-ring (bicyclic) bond motifs is 3. The molecule has 3 aromatic rings. The summed E-state index contributed by atoms with van der Waals surface area (Å²) >= 11 is 6.14. The largest absolute Gasteiger partial charge is 0.481 e. The number of aliphatic hydroxyl groups is 1. The Kier molecular flexibility index (Phi) is 4.65. The first-order valence-electron chi connectivity index (χ1n) is 10.1. The maximum atomic E-state index is 12.6. The highest BCUT2D eigenvalue weighted by atomic mass is 35.5. The van der Waals surface area contributed by atoms with Crippen LogP contribution in [0.3, 0.4) is 0 Å². The van der Waals surface area contributed by atoms with Gasteiger partial charge in [0.05, 0.1) is 34.6 Å². The molecule has 2 N–H and O–H groups in total.